The normalized spacial score (nSPS) is 12.7. The molecule has 0 heterocycles. The quantitative estimate of drug-likeness (QED) is 0.294. The van der Waals surface area contributed by atoms with Crippen molar-refractivity contribution in [3.63, 3.8) is 0 Å². The molecule has 3 aromatic rings. The average Bonchev–Trinajstić information content (AvgIpc) is 2.93. The number of carbonyl (C=O) groups excluding carboxylic acids is 2. The molecule has 0 aliphatic rings. The molecule has 0 aromatic heterocycles. The molecule has 8 nitrogen and oxygen atoms in total. The highest BCUT2D eigenvalue weighted by molar-refractivity contribution is 9.10. The maximum absolute atomic E-state index is 14.1. The van der Waals surface area contributed by atoms with Crippen LogP contribution < -0.4 is 14.4 Å². The monoisotopic (exact) mass is 629 g/mol. The minimum atomic E-state index is -3.83. The average molecular weight is 631 g/mol. The van der Waals surface area contributed by atoms with Gasteiger partial charge in [-0.05, 0) is 54.8 Å². The van der Waals surface area contributed by atoms with Gasteiger partial charge in [0.25, 0.3) is 0 Å². The van der Waals surface area contributed by atoms with E-state index in [4.69, 9.17) is 4.74 Å². The lowest BCUT2D eigenvalue weighted by Gasteiger charge is -2.34. The number of anilines is 1. The highest BCUT2D eigenvalue weighted by atomic mass is 79.9. The minimum absolute atomic E-state index is 0.0809. The standard InChI is InChI=1S/C30H36BrN3O5S/c1-5-22(2)32-30(36)28(18-23-11-7-6-8-12-23)33(20-24-13-9-16-27(17-24)39-3)29(35)21-34(40(4,37)38)26-15-10-14-25(31)19-26/h6-17,19,22,28H,5,18,20-21H2,1-4H3,(H,32,36). The predicted molar refractivity (Wildman–Crippen MR) is 162 cm³/mol. The summed E-state index contributed by atoms with van der Waals surface area (Å²) < 4.78 is 32.8. The van der Waals surface area contributed by atoms with E-state index in [0.29, 0.717) is 15.9 Å². The molecule has 3 rings (SSSR count). The minimum Gasteiger partial charge on any atom is -0.497 e. The first kappa shape index (κ1) is 31.2. The fourth-order valence-corrected chi connectivity index (χ4v) is 5.44. The van der Waals surface area contributed by atoms with Gasteiger partial charge < -0.3 is 15.0 Å². The third-order valence-corrected chi connectivity index (χ3v) is 8.17. The smallest absolute Gasteiger partial charge is 0.244 e. The van der Waals surface area contributed by atoms with E-state index in [9.17, 15) is 18.0 Å². The van der Waals surface area contributed by atoms with Gasteiger partial charge in [0.05, 0.1) is 19.1 Å². The van der Waals surface area contributed by atoms with Crippen LogP contribution in [0.25, 0.3) is 0 Å². The lowest BCUT2D eigenvalue weighted by atomic mass is 10.0. The van der Waals surface area contributed by atoms with Gasteiger partial charge in [-0.1, -0.05) is 71.4 Å². The maximum atomic E-state index is 14.1. The van der Waals surface area contributed by atoms with Crippen LogP contribution in [0.3, 0.4) is 0 Å². The zero-order chi connectivity index (χ0) is 29.3. The summed E-state index contributed by atoms with van der Waals surface area (Å²) in [7, 11) is -2.27. The molecule has 0 saturated carbocycles. The second-order valence-corrected chi connectivity index (χ2v) is 12.5. The number of sulfonamides is 1. The number of halogens is 1. The van der Waals surface area contributed by atoms with Gasteiger partial charge >= 0.3 is 0 Å². The molecule has 2 unspecified atom stereocenters. The number of hydrogen-bond donors (Lipinski definition) is 1. The zero-order valence-corrected chi connectivity index (χ0v) is 25.6. The lowest BCUT2D eigenvalue weighted by Crippen LogP contribution is -2.54. The van der Waals surface area contributed by atoms with Crippen LogP contribution in [0.2, 0.25) is 0 Å². The van der Waals surface area contributed by atoms with Gasteiger partial charge in [0.1, 0.15) is 18.3 Å². The van der Waals surface area contributed by atoms with Gasteiger partial charge in [0, 0.05) is 23.5 Å². The van der Waals surface area contributed by atoms with Crippen LogP contribution in [0.4, 0.5) is 5.69 Å². The fourth-order valence-electron chi connectivity index (χ4n) is 4.21. The van der Waals surface area contributed by atoms with E-state index in [2.05, 4.69) is 21.2 Å². The van der Waals surface area contributed by atoms with E-state index in [-0.39, 0.29) is 24.9 Å². The summed E-state index contributed by atoms with van der Waals surface area (Å²) in [5.74, 6) is -0.197. The van der Waals surface area contributed by atoms with Crippen molar-refractivity contribution < 1.29 is 22.7 Å². The molecule has 0 saturated heterocycles. The topological polar surface area (TPSA) is 96.0 Å². The number of amides is 2. The molecule has 1 N–H and O–H groups in total. The van der Waals surface area contributed by atoms with Crippen LogP contribution in [-0.4, -0.2) is 57.1 Å². The Morgan fingerprint density at radius 1 is 0.975 bits per heavy atom. The van der Waals surface area contributed by atoms with E-state index < -0.39 is 28.5 Å². The fraction of sp³-hybridized carbons (Fsp3) is 0.333. The summed E-state index contributed by atoms with van der Waals surface area (Å²) in [6.45, 7) is 3.49. The molecule has 0 bridgehead atoms. The molecule has 214 valence electrons. The van der Waals surface area contributed by atoms with Gasteiger partial charge in [-0.15, -0.1) is 0 Å². The van der Waals surface area contributed by atoms with Crippen molar-refractivity contribution >= 4 is 43.5 Å². The van der Waals surface area contributed by atoms with E-state index in [1.165, 1.54) is 4.90 Å². The summed E-state index contributed by atoms with van der Waals surface area (Å²) >= 11 is 3.38. The van der Waals surface area contributed by atoms with Gasteiger partial charge in [0.15, 0.2) is 0 Å². The maximum Gasteiger partial charge on any atom is 0.244 e. The first-order valence-corrected chi connectivity index (χ1v) is 15.7. The van der Waals surface area contributed by atoms with Crippen LogP contribution >= 0.6 is 15.9 Å². The highest BCUT2D eigenvalue weighted by Crippen LogP contribution is 2.24. The van der Waals surface area contributed by atoms with Gasteiger partial charge in [-0.2, -0.15) is 0 Å². The Labute approximate surface area is 245 Å². The van der Waals surface area contributed by atoms with Crippen LogP contribution in [0.5, 0.6) is 5.75 Å². The van der Waals surface area contributed by atoms with E-state index in [1.807, 2.05) is 56.3 Å². The second kappa shape index (κ2) is 14.3. The molecular formula is C30H36BrN3O5S. The molecule has 10 heteroatoms. The Bertz CT molecular complexity index is 1400. The van der Waals surface area contributed by atoms with E-state index in [0.717, 1.165) is 28.1 Å². The Morgan fingerprint density at radius 3 is 2.27 bits per heavy atom. The highest BCUT2D eigenvalue weighted by Gasteiger charge is 2.33. The van der Waals surface area contributed by atoms with Gasteiger partial charge in [-0.3, -0.25) is 13.9 Å². The number of methoxy groups -OCH3 is 1. The number of hydrogen-bond acceptors (Lipinski definition) is 5. The Kier molecular flexibility index (Phi) is 11.2. The van der Waals surface area contributed by atoms with Crippen molar-refractivity contribution in [2.75, 3.05) is 24.2 Å². The zero-order valence-electron chi connectivity index (χ0n) is 23.2. The first-order valence-electron chi connectivity index (χ1n) is 13.0. The molecule has 0 aliphatic heterocycles. The molecule has 2 amide bonds. The van der Waals surface area contributed by atoms with Crippen molar-refractivity contribution in [1.29, 1.82) is 0 Å². The van der Waals surface area contributed by atoms with E-state index >= 15 is 0 Å². The Hall–Kier alpha value is -3.37. The molecule has 40 heavy (non-hydrogen) atoms. The summed E-state index contributed by atoms with van der Waals surface area (Å²) in [6.07, 6.45) is 2.04. The van der Waals surface area contributed by atoms with Crippen LogP contribution in [0.1, 0.15) is 31.4 Å². The first-order chi connectivity index (χ1) is 19.0. The molecule has 2 atom stereocenters. The van der Waals surface area contributed by atoms with E-state index in [1.54, 1.807) is 43.5 Å². The van der Waals surface area contributed by atoms with Gasteiger partial charge in [-0.25, -0.2) is 8.42 Å². The summed E-state index contributed by atoms with van der Waals surface area (Å²) in [6, 6.07) is 22.5. The third kappa shape index (κ3) is 8.82. The van der Waals surface area contributed by atoms with Crippen molar-refractivity contribution in [3.8, 4) is 5.75 Å². The number of carbonyl (C=O) groups is 2. The van der Waals surface area contributed by atoms with Crippen LogP contribution in [-0.2, 0) is 32.6 Å². The third-order valence-electron chi connectivity index (χ3n) is 6.53. The van der Waals surface area contributed by atoms with Crippen molar-refractivity contribution in [2.45, 2.75) is 45.3 Å². The Morgan fingerprint density at radius 2 is 1.65 bits per heavy atom. The van der Waals surface area contributed by atoms with Crippen molar-refractivity contribution in [2.24, 2.45) is 0 Å². The van der Waals surface area contributed by atoms with Crippen LogP contribution in [0.15, 0.2) is 83.3 Å². The second-order valence-electron chi connectivity index (χ2n) is 9.65. The van der Waals surface area contributed by atoms with Crippen molar-refractivity contribution in [1.82, 2.24) is 10.2 Å². The number of rotatable bonds is 13. The molecule has 0 spiro atoms. The number of nitrogens with zero attached hydrogens (tertiary/aromatic N) is 2. The van der Waals surface area contributed by atoms with Crippen molar-refractivity contribution in [3.05, 3.63) is 94.5 Å². The number of benzene rings is 3. The lowest BCUT2D eigenvalue weighted by molar-refractivity contribution is -0.140. The van der Waals surface area contributed by atoms with Crippen LogP contribution in [0, 0.1) is 0 Å². The van der Waals surface area contributed by atoms with Gasteiger partial charge in [0.2, 0.25) is 21.8 Å². The molecule has 0 fully saturated rings. The Balaban J connectivity index is 2.07. The molecular weight excluding hydrogens is 594 g/mol. The number of nitrogens with one attached hydrogen (secondary N) is 1. The summed E-state index contributed by atoms with van der Waals surface area (Å²) in [5.41, 5.74) is 1.97. The summed E-state index contributed by atoms with van der Waals surface area (Å²) in [5, 5.41) is 3.02. The summed E-state index contributed by atoms with van der Waals surface area (Å²) in [4.78, 5) is 29.3. The molecule has 0 radical (unpaired) electrons. The largest absolute Gasteiger partial charge is 0.497 e. The number of ether oxygens (including phenoxy) is 1. The SMILES string of the molecule is CCC(C)NC(=O)C(Cc1ccccc1)N(Cc1cccc(OC)c1)C(=O)CN(c1cccc(Br)c1)S(C)(=O)=O. The predicted octanol–water partition coefficient (Wildman–Crippen LogP) is 4.78. The molecule has 0 aliphatic carbocycles. The molecule has 3 aromatic carbocycles.